The SMILES string of the molecule is CN[C@]1(c2ccccc2)CC[C@]2(CC1)CN(Cc1ccc(OC)cc1)C(=O)N2CC1(O)CCC1. The van der Waals surface area contributed by atoms with Crippen molar-refractivity contribution in [2.24, 2.45) is 0 Å². The first kappa shape index (κ1) is 23.2. The van der Waals surface area contributed by atoms with E-state index in [0.29, 0.717) is 19.6 Å². The van der Waals surface area contributed by atoms with Crippen LogP contribution in [0, 0.1) is 0 Å². The molecule has 34 heavy (non-hydrogen) atoms. The molecule has 0 radical (unpaired) electrons. The van der Waals surface area contributed by atoms with Crippen LogP contribution in [0.1, 0.15) is 56.1 Å². The molecule has 1 aliphatic heterocycles. The number of urea groups is 1. The molecule has 2 N–H and O–H groups in total. The molecular weight excluding hydrogens is 426 g/mol. The maximum absolute atomic E-state index is 13.7. The van der Waals surface area contributed by atoms with Gasteiger partial charge < -0.3 is 25.0 Å². The molecule has 6 nitrogen and oxygen atoms in total. The van der Waals surface area contributed by atoms with Crippen LogP contribution in [0.15, 0.2) is 54.6 Å². The second-order valence-electron chi connectivity index (χ2n) is 10.6. The van der Waals surface area contributed by atoms with Crippen molar-refractivity contribution in [1.82, 2.24) is 15.1 Å². The van der Waals surface area contributed by atoms with Crippen LogP contribution in [0.25, 0.3) is 0 Å². The van der Waals surface area contributed by atoms with E-state index in [1.54, 1.807) is 7.11 Å². The van der Waals surface area contributed by atoms with Gasteiger partial charge in [0.05, 0.1) is 24.8 Å². The highest BCUT2D eigenvalue weighted by Crippen LogP contribution is 2.48. The molecule has 2 aromatic rings. The largest absolute Gasteiger partial charge is 0.497 e. The average molecular weight is 464 g/mol. The Morgan fingerprint density at radius 3 is 2.21 bits per heavy atom. The van der Waals surface area contributed by atoms with Gasteiger partial charge >= 0.3 is 6.03 Å². The molecule has 0 unspecified atom stereocenters. The number of hydrogen-bond acceptors (Lipinski definition) is 4. The van der Waals surface area contributed by atoms with E-state index >= 15 is 0 Å². The average Bonchev–Trinajstić information content (AvgIpc) is 3.10. The van der Waals surface area contributed by atoms with E-state index in [-0.39, 0.29) is 17.1 Å². The van der Waals surface area contributed by atoms with E-state index in [1.165, 1.54) is 5.56 Å². The summed E-state index contributed by atoms with van der Waals surface area (Å²) >= 11 is 0. The Hall–Kier alpha value is -2.57. The predicted octanol–water partition coefficient (Wildman–Crippen LogP) is 4.28. The molecule has 182 valence electrons. The van der Waals surface area contributed by atoms with Gasteiger partial charge in [0.15, 0.2) is 0 Å². The van der Waals surface area contributed by atoms with Crippen molar-refractivity contribution in [2.75, 3.05) is 27.2 Å². The standard InChI is InChI=1S/C28H37N3O3/c1-29-28(23-7-4-3-5-8-23)17-15-26(16-18-28)20-30(19-22-9-11-24(34-2)12-10-22)25(32)31(26)21-27(33)13-6-14-27/h3-5,7-12,29,33H,6,13-21H2,1-2H3/t26-,28+. The molecule has 1 saturated heterocycles. The zero-order chi connectivity index (χ0) is 23.8. The number of aliphatic hydroxyl groups is 1. The fraction of sp³-hybridized carbons (Fsp3) is 0.536. The molecule has 6 heteroatoms. The van der Waals surface area contributed by atoms with Crippen LogP contribution in [0.4, 0.5) is 4.79 Å². The fourth-order valence-electron chi connectivity index (χ4n) is 6.24. The Kier molecular flexibility index (Phi) is 6.07. The third kappa shape index (κ3) is 4.07. The maximum Gasteiger partial charge on any atom is 0.321 e. The normalized spacial score (nSPS) is 28.3. The Balaban J connectivity index is 1.39. The van der Waals surface area contributed by atoms with E-state index in [4.69, 9.17) is 4.74 Å². The number of carbonyl (C=O) groups excluding carboxylic acids is 1. The van der Waals surface area contributed by atoms with E-state index < -0.39 is 5.60 Å². The fourth-order valence-corrected chi connectivity index (χ4v) is 6.24. The minimum Gasteiger partial charge on any atom is -0.497 e. The highest BCUT2D eigenvalue weighted by atomic mass is 16.5. The lowest BCUT2D eigenvalue weighted by atomic mass is 9.68. The number of amides is 2. The van der Waals surface area contributed by atoms with Crippen LogP contribution >= 0.6 is 0 Å². The van der Waals surface area contributed by atoms with Gasteiger partial charge in [0.1, 0.15) is 5.75 Å². The number of carbonyl (C=O) groups is 1. The van der Waals surface area contributed by atoms with Crippen molar-refractivity contribution in [1.29, 1.82) is 0 Å². The summed E-state index contributed by atoms with van der Waals surface area (Å²) in [6, 6.07) is 18.7. The third-order valence-corrected chi connectivity index (χ3v) is 8.67. The molecule has 3 aliphatic rings. The number of benzene rings is 2. The second kappa shape index (κ2) is 8.90. The number of methoxy groups -OCH3 is 1. The molecular formula is C28H37N3O3. The molecule has 2 aliphatic carbocycles. The summed E-state index contributed by atoms with van der Waals surface area (Å²) in [6.07, 6.45) is 6.38. The molecule has 2 saturated carbocycles. The lowest BCUT2D eigenvalue weighted by Crippen LogP contribution is -2.59. The van der Waals surface area contributed by atoms with E-state index in [1.807, 2.05) is 34.1 Å². The van der Waals surface area contributed by atoms with Crippen molar-refractivity contribution in [3.63, 3.8) is 0 Å². The van der Waals surface area contributed by atoms with Crippen LogP contribution in [-0.4, -0.2) is 59.3 Å². The van der Waals surface area contributed by atoms with Gasteiger partial charge in [-0.05, 0) is 75.3 Å². The summed E-state index contributed by atoms with van der Waals surface area (Å²) < 4.78 is 5.29. The first-order valence-corrected chi connectivity index (χ1v) is 12.6. The number of β-amino-alcohol motifs (C(OH)–C–C–N with tert-alkyl or cyclic N) is 1. The number of nitrogens with one attached hydrogen (secondary N) is 1. The lowest BCUT2D eigenvalue weighted by Gasteiger charge is -2.50. The highest BCUT2D eigenvalue weighted by Gasteiger charge is 2.55. The summed E-state index contributed by atoms with van der Waals surface area (Å²) in [5, 5.41) is 14.6. The molecule has 1 heterocycles. The Bertz CT molecular complexity index is 995. The smallest absolute Gasteiger partial charge is 0.321 e. The van der Waals surface area contributed by atoms with Gasteiger partial charge in [0.25, 0.3) is 0 Å². The van der Waals surface area contributed by atoms with Crippen molar-refractivity contribution in [2.45, 2.75) is 68.2 Å². The van der Waals surface area contributed by atoms with Gasteiger partial charge in [0.2, 0.25) is 0 Å². The van der Waals surface area contributed by atoms with Crippen LogP contribution in [0.5, 0.6) is 5.75 Å². The predicted molar refractivity (Wildman–Crippen MR) is 133 cm³/mol. The van der Waals surface area contributed by atoms with E-state index in [2.05, 4.69) is 42.7 Å². The number of rotatable bonds is 7. The van der Waals surface area contributed by atoms with Crippen molar-refractivity contribution < 1.29 is 14.6 Å². The van der Waals surface area contributed by atoms with Gasteiger partial charge in [0, 0.05) is 18.6 Å². The molecule has 0 atom stereocenters. The first-order chi connectivity index (χ1) is 16.4. The van der Waals surface area contributed by atoms with Crippen LogP contribution in [0.2, 0.25) is 0 Å². The highest BCUT2D eigenvalue weighted by molar-refractivity contribution is 5.78. The Morgan fingerprint density at radius 1 is 0.971 bits per heavy atom. The minimum absolute atomic E-state index is 0.0628. The van der Waals surface area contributed by atoms with Gasteiger partial charge in [-0.2, -0.15) is 0 Å². The topological polar surface area (TPSA) is 65.0 Å². The van der Waals surface area contributed by atoms with E-state index in [0.717, 1.165) is 56.3 Å². The number of hydrogen-bond donors (Lipinski definition) is 2. The minimum atomic E-state index is -0.726. The lowest BCUT2D eigenvalue weighted by molar-refractivity contribution is -0.0690. The van der Waals surface area contributed by atoms with Crippen molar-refractivity contribution >= 4 is 6.03 Å². The molecule has 3 fully saturated rings. The molecule has 2 aromatic carbocycles. The van der Waals surface area contributed by atoms with Crippen LogP contribution < -0.4 is 10.1 Å². The molecule has 5 rings (SSSR count). The first-order valence-electron chi connectivity index (χ1n) is 12.6. The maximum atomic E-state index is 13.7. The Morgan fingerprint density at radius 2 is 1.65 bits per heavy atom. The molecule has 0 aromatic heterocycles. The van der Waals surface area contributed by atoms with Crippen molar-refractivity contribution in [3.8, 4) is 5.75 Å². The van der Waals surface area contributed by atoms with Gasteiger partial charge in [-0.15, -0.1) is 0 Å². The number of ether oxygens (including phenoxy) is 1. The molecule has 0 bridgehead atoms. The van der Waals surface area contributed by atoms with E-state index in [9.17, 15) is 9.90 Å². The monoisotopic (exact) mass is 463 g/mol. The summed E-state index contributed by atoms with van der Waals surface area (Å²) in [5.41, 5.74) is 1.38. The summed E-state index contributed by atoms with van der Waals surface area (Å²) in [4.78, 5) is 17.8. The molecule has 1 spiro atoms. The summed E-state index contributed by atoms with van der Waals surface area (Å²) in [7, 11) is 3.71. The third-order valence-electron chi connectivity index (χ3n) is 8.67. The summed E-state index contributed by atoms with van der Waals surface area (Å²) in [5.74, 6) is 0.818. The Labute approximate surface area is 202 Å². The summed E-state index contributed by atoms with van der Waals surface area (Å²) in [6.45, 7) is 1.74. The van der Waals surface area contributed by atoms with Gasteiger partial charge in [-0.1, -0.05) is 42.5 Å². The van der Waals surface area contributed by atoms with Gasteiger partial charge in [-0.25, -0.2) is 4.79 Å². The van der Waals surface area contributed by atoms with Crippen LogP contribution in [0.3, 0.4) is 0 Å². The zero-order valence-corrected chi connectivity index (χ0v) is 20.4. The van der Waals surface area contributed by atoms with Gasteiger partial charge in [-0.3, -0.25) is 0 Å². The quantitative estimate of drug-likeness (QED) is 0.644. The second-order valence-corrected chi connectivity index (χ2v) is 10.6. The zero-order valence-electron chi connectivity index (χ0n) is 20.4. The number of nitrogens with zero attached hydrogens (tertiary/aromatic N) is 2. The van der Waals surface area contributed by atoms with Crippen LogP contribution in [-0.2, 0) is 12.1 Å². The molecule has 2 amide bonds. The van der Waals surface area contributed by atoms with Crippen molar-refractivity contribution in [3.05, 3.63) is 65.7 Å².